The summed E-state index contributed by atoms with van der Waals surface area (Å²) in [7, 11) is -2.26. The molecule has 1 aliphatic rings. The lowest BCUT2D eigenvalue weighted by Crippen LogP contribution is -2.46. The summed E-state index contributed by atoms with van der Waals surface area (Å²) in [4.78, 5) is 23.4. The van der Waals surface area contributed by atoms with Crippen LogP contribution in [-0.4, -0.2) is 55.1 Å². The van der Waals surface area contributed by atoms with Gasteiger partial charge in [-0.25, -0.2) is 13.5 Å². The fourth-order valence-corrected chi connectivity index (χ4v) is 4.93. The largest absolute Gasteiger partial charge is 0.495 e. The van der Waals surface area contributed by atoms with Crippen molar-refractivity contribution in [3.8, 4) is 5.75 Å². The van der Waals surface area contributed by atoms with Crippen molar-refractivity contribution in [2.24, 2.45) is 0 Å². The number of sulfonamides is 1. The van der Waals surface area contributed by atoms with Gasteiger partial charge in [0, 0.05) is 25.2 Å². The highest BCUT2D eigenvalue weighted by Crippen LogP contribution is 2.31. The van der Waals surface area contributed by atoms with Gasteiger partial charge in [0.2, 0.25) is 10.0 Å². The van der Waals surface area contributed by atoms with E-state index in [1.54, 1.807) is 12.1 Å². The molecule has 0 bridgehead atoms. The quantitative estimate of drug-likeness (QED) is 0.744. The number of hydrogen-bond donors (Lipinski definition) is 2. The molecule has 0 atom stereocenters. The van der Waals surface area contributed by atoms with Crippen molar-refractivity contribution in [1.29, 1.82) is 0 Å². The van der Waals surface area contributed by atoms with Crippen molar-refractivity contribution >= 4 is 15.9 Å². The van der Waals surface area contributed by atoms with Crippen molar-refractivity contribution in [3.05, 3.63) is 51.4 Å². The molecule has 1 aromatic heterocycles. The van der Waals surface area contributed by atoms with Crippen LogP contribution >= 0.6 is 0 Å². The Balaban J connectivity index is 1.68. The third-order valence-electron chi connectivity index (χ3n) is 5.10. The smallest absolute Gasteiger partial charge is 0.271 e. The Hall–Kier alpha value is -2.72. The van der Waals surface area contributed by atoms with Gasteiger partial charge in [0.1, 0.15) is 16.3 Å². The molecule has 0 aliphatic carbocycles. The maximum absolute atomic E-state index is 13.1. The second-order valence-electron chi connectivity index (χ2n) is 7.05. The number of nitrogens with zero attached hydrogens (tertiary/aromatic N) is 2. The van der Waals surface area contributed by atoms with Gasteiger partial charge in [-0.3, -0.25) is 9.59 Å². The first kappa shape index (κ1) is 21.0. The minimum absolute atomic E-state index is 0.111. The van der Waals surface area contributed by atoms with Gasteiger partial charge in [0.25, 0.3) is 11.5 Å². The SMILES string of the molecule is COc1cc(C)c(C)cc1S(=O)(=O)N1CCC(NC(=O)c2ccc(=O)[nH]n2)CC1. The van der Waals surface area contributed by atoms with E-state index in [9.17, 15) is 18.0 Å². The van der Waals surface area contributed by atoms with Crippen LogP contribution in [0.3, 0.4) is 0 Å². The maximum atomic E-state index is 13.1. The molecule has 9 nitrogen and oxygen atoms in total. The molecule has 1 amide bonds. The lowest BCUT2D eigenvalue weighted by molar-refractivity contribution is 0.0917. The van der Waals surface area contributed by atoms with Gasteiger partial charge in [0.15, 0.2) is 0 Å². The normalized spacial score (nSPS) is 15.8. The number of ether oxygens (including phenoxy) is 1. The van der Waals surface area contributed by atoms with E-state index in [1.807, 2.05) is 13.8 Å². The molecule has 2 N–H and O–H groups in total. The molecule has 1 aromatic carbocycles. The van der Waals surface area contributed by atoms with Crippen LogP contribution in [0, 0.1) is 13.8 Å². The first-order chi connectivity index (χ1) is 13.7. The van der Waals surface area contributed by atoms with Crippen LogP contribution in [0.5, 0.6) is 5.75 Å². The highest BCUT2D eigenvalue weighted by atomic mass is 32.2. The molecule has 1 fully saturated rings. The van der Waals surface area contributed by atoms with Crippen LogP contribution in [0.15, 0.2) is 34.0 Å². The first-order valence-electron chi connectivity index (χ1n) is 9.24. The molecular formula is C19H24N4O5S. The van der Waals surface area contributed by atoms with Gasteiger partial charge < -0.3 is 10.1 Å². The minimum Gasteiger partial charge on any atom is -0.495 e. The average molecular weight is 420 g/mol. The Morgan fingerprint density at radius 1 is 1.21 bits per heavy atom. The van der Waals surface area contributed by atoms with Crippen LogP contribution in [-0.2, 0) is 10.0 Å². The van der Waals surface area contributed by atoms with Gasteiger partial charge >= 0.3 is 0 Å². The van der Waals surface area contributed by atoms with E-state index in [2.05, 4.69) is 15.5 Å². The second-order valence-corrected chi connectivity index (χ2v) is 8.95. The van der Waals surface area contributed by atoms with Crippen LogP contribution in [0.4, 0.5) is 0 Å². The number of aryl methyl sites for hydroxylation is 2. The van der Waals surface area contributed by atoms with Crippen molar-refractivity contribution in [1.82, 2.24) is 19.8 Å². The van der Waals surface area contributed by atoms with Crippen LogP contribution in [0.2, 0.25) is 0 Å². The maximum Gasteiger partial charge on any atom is 0.271 e. The summed E-state index contributed by atoms with van der Waals surface area (Å²) in [6.07, 6.45) is 0.947. The van der Waals surface area contributed by atoms with Crippen molar-refractivity contribution in [2.45, 2.75) is 37.6 Å². The summed E-state index contributed by atoms with van der Waals surface area (Å²) in [5.74, 6) is -0.0777. The molecule has 0 spiro atoms. The second kappa shape index (κ2) is 8.34. The molecular weight excluding hydrogens is 396 g/mol. The lowest BCUT2D eigenvalue weighted by atomic mass is 10.1. The van der Waals surface area contributed by atoms with Gasteiger partial charge in [-0.1, -0.05) is 0 Å². The van der Waals surface area contributed by atoms with Crippen LogP contribution in [0.25, 0.3) is 0 Å². The zero-order valence-electron chi connectivity index (χ0n) is 16.6. The summed E-state index contributed by atoms with van der Waals surface area (Å²) in [6, 6.07) is 5.77. The molecule has 2 heterocycles. The van der Waals surface area contributed by atoms with E-state index in [0.29, 0.717) is 18.6 Å². The van der Waals surface area contributed by atoms with Crippen LogP contribution < -0.4 is 15.6 Å². The van der Waals surface area contributed by atoms with E-state index in [4.69, 9.17) is 4.74 Å². The fraction of sp³-hybridized carbons (Fsp3) is 0.421. The molecule has 3 rings (SSSR count). The third kappa shape index (κ3) is 4.48. The summed E-state index contributed by atoms with van der Waals surface area (Å²) >= 11 is 0. The number of aromatic nitrogens is 2. The number of piperidine rings is 1. The van der Waals surface area contributed by atoms with Gasteiger partial charge in [0.05, 0.1) is 7.11 Å². The zero-order valence-corrected chi connectivity index (χ0v) is 17.4. The topological polar surface area (TPSA) is 121 Å². The fourth-order valence-electron chi connectivity index (χ4n) is 3.23. The Kier molecular flexibility index (Phi) is 6.04. The number of methoxy groups -OCH3 is 1. The summed E-state index contributed by atoms with van der Waals surface area (Å²) in [5.41, 5.74) is 1.55. The zero-order chi connectivity index (χ0) is 21.2. The number of rotatable bonds is 5. The summed E-state index contributed by atoms with van der Waals surface area (Å²) < 4.78 is 33.0. The Bertz CT molecular complexity index is 1050. The lowest BCUT2D eigenvalue weighted by Gasteiger charge is -2.32. The van der Waals surface area contributed by atoms with E-state index < -0.39 is 15.9 Å². The van der Waals surface area contributed by atoms with Crippen molar-refractivity contribution in [3.63, 3.8) is 0 Å². The molecule has 0 unspecified atom stereocenters. The van der Waals surface area contributed by atoms with E-state index >= 15 is 0 Å². The molecule has 29 heavy (non-hydrogen) atoms. The third-order valence-corrected chi connectivity index (χ3v) is 7.02. The van der Waals surface area contributed by atoms with Crippen LogP contribution in [0.1, 0.15) is 34.5 Å². The number of H-pyrrole nitrogens is 1. The van der Waals surface area contributed by atoms with E-state index in [1.165, 1.54) is 23.5 Å². The molecule has 2 aromatic rings. The Labute approximate surface area is 169 Å². The molecule has 0 radical (unpaired) electrons. The van der Waals surface area contributed by atoms with Crippen molar-refractivity contribution < 1.29 is 17.9 Å². The predicted octanol–water partition coefficient (Wildman–Crippen LogP) is 0.978. The van der Waals surface area contributed by atoms with E-state index in [0.717, 1.165) is 11.1 Å². The Morgan fingerprint density at radius 3 is 2.45 bits per heavy atom. The number of aromatic amines is 1. The molecule has 1 saturated heterocycles. The van der Waals surface area contributed by atoms with E-state index in [-0.39, 0.29) is 35.3 Å². The summed E-state index contributed by atoms with van der Waals surface area (Å²) in [6.45, 7) is 4.32. The average Bonchev–Trinajstić information content (AvgIpc) is 2.70. The highest BCUT2D eigenvalue weighted by molar-refractivity contribution is 7.89. The molecule has 10 heteroatoms. The number of hydrogen-bond acceptors (Lipinski definition) is 6. The number of carbonyl (C=O) groups excluding carboxylic acids is 1. The number of nitrogens with one attached hydrogen (secondary N) is 2. The number of amides is 1. The standard InChI is InChI=1S/C19H24N4O5S/c1-12-10-16(28-3)17(11-13(12)2)29(26,27)23-8-6-14(7-9-23)20-19(25)15-4-5-18(24)22-21-15/h4-5,10-11,14H,6-9H2,1-3H3,(H,20,25)(H,22,24). The summed E-state index contributed by atoms with van der Waals surface area (Å²) in [5, 5.41) is 8.75. The van der Waals surface area contributed by atoms with Gasteiger partial charge in [-0.05, 0) is 56.0 Å². The number of benzene rings is 1. The Morgan fingerprint density at radius 2 is 1.86 bits per heavy atom. The highest BCUT2D eigenvalue weighted by Gasteiger charge is 2.32. The molecule has 156 valence electrons. The first-order valence-corrected chi connectivity index (χ1v) is 10.7. The monoisotopic (exact) mass is 420 g/mol. The van der Waals surface area contributed by atoms with Gasteiger partial charge in [-0.15, -0.1) is 0 Å². The predicted molar refractivity (Wildman–Crippen MR) is 107 cm³/mol. The molecule has 0 saturated carbocycles. The molecule has 1 aliphatic heterocycles. The van der Waals surface area contributed by atoms with Crippen molar-refractivity contribution in [2.75, 3.05) is 20.2 Å². The number of carbonyl (C=O) groups is 1. The van der Waals surface area contributed by atoms with Gasteiger partial charge in [-0.2, -0.15) is 9.40 Å². The minimum atomic E-state index is -3.71.